The summed E-state index contributed by atoms with van der Waals surface area (Å²) < 4.78 is 11.8. The molecule has 75 heavy (non-hydrogen) atoms. The van der Waals surface area contributed by atoms with E-state index in [4.69, 9.17) is 25.9 Å². The molecule has 2 aromatic heterocycles. The quantitative estimate of drug-likeness (QED) is 0.0565. The van der Waals surface area contributed by atoms with E-state index >= 15 is 0 Å². The van der Waals surface area contributed by atoms with Crippen LogP contribution >= 0.6 is 0 Å². The van der Waals surface area contributed by atoms with E-state index in [1.807, 2.05) is 133 Å². The standard InChI is InChI=1S/C26H27N5O2.C15H23NO2.C13H16N4O.C5H12O/c1-4-27-25(33)26(30(2)3)13-18-11-21-22(12-19(18)14-26)29-24(28-21)10-9-17-15-31(16-32)23-8-6-5-7-20(17)23;1-11(2)13-9-7-6-8-12(13)10-16-14(17)18-15(3,4)5;1-7-16-12(18)13(17(7)2)5-8-3-10(14)11(15)4-9(8)6-13;1-5(2,3)6-4/h4-8,11-12,15-16H,1,9-10,13-14H2,2-3H3,(H,27,33)(H,28,29);6-9,11H,10H2,1-5H3,(H,16,17);3-4H,1,5-6,14-15H2,2H3,(H,16,18);1-4H3. The lowest BCUT2D eigenvalue weighted by Gasteiger charge is -2.34. The number of rotatable bonds is 10. The normalized spacial score (nSPS) is 15.0. The summed E-state index contributed by atoms with van der Waals surface area (Å²) in [5.41, 5.74) is 22.1. The lowest BCUT2D eigenvalue weighted by Crippen LogP contribution is -2.56. The minimum Gasteiger partial charge on any atom is -0.444 e. The van der Waals surface area contributed by atoms with Gasteiger partial charge in [-0.25, -0.2) is 9.78 Å². The highest BCUT2D eigenvalue weighted by Crippen LogP contribution is 2.41. The molecule has 6 aromatic rings. The van der Waals surface area contributed by atoms with Crippen LogP contribution in [0.2, 0.25) is 0 Å². The number of ether oxygens (including phenoxy) is 2. The molecule has 400 valence electrons. The second-order valence-corrected chi connectivity index (χ2v) is 22.1. The molecule has 16 heteroatoms. The van der Waals surface area contributed by atoms with Crippen LogP contribution in [0, 0.1) is 0 Å². The van der Waals surface area contributed by atoms with Gasteiger partial charge in [-0.1, -0.05) is 69.5 Å². The number of anilines is 2. The van der Waals surface area contributed by atoms with Crippen molar-refractivity contribution in [2.45, 2.75) is 129 Å². The summed E-state index contributed by atoms with van der Waals surface area (Å²) in [6.45, 7) is 23.9. The van der Waals surface area contributed by atoms with Crippen molar-refractivity contribution in [1.29, 1.82) is 0 Å². The lowest BCUT2D eigenvalue weighted by molar-refractivity contribution is -0.130. The number of methoxy groups -OCH3 is 1. The van der Waals surface area contributed by atoms with Crippen LogP contribution in [-0.4, -0.2) is 99.2 Å². The average Bonchev–Trinajstić information content (AvgIpc) is 4.16. The number of aromatic amines is 1. The first kappa shape index (κ1) is 56.9. The Labute approximate surface area is 442 Å². The number of imidazole rings is 1. The molecule has 3 heterocycles. The zero-order valence-corrected chi connectivity index (χ0v) is 46.0. The van der Waals surface area contributed by atoms with Gasteiger partial charge in [0.1, 0.15) is 28.3 Å². The number of hydrogen-bond acceptors (Lipinski definition) is 11. The Morgan fingerprint density at radius 1 is 0.880 bits per heavy atom. The van der Waals surface area contributed by atoms with Gasteiger partial charge in [0.05, 0.1) is 33.5 Å². The molecule has 1 saturated heterocycles. The Morgan fingerprint density at radius 2 is 1.47 bits per heavy atom. The highest BCUT2D eigenvalue weighted by molar-refractivity contribution is 5.93. The Hall–Kier alpha value is -7.43. The number of nitrogens with one attached hydrogen (secondary N) is 4. The fourth-order valence-corrected chi connectivity index (χ4v) is 9.69. The first-order valence-electron chi connectivity index (χ1n) is 25.4. The molecular weight excluding hydrogens is 945 g/mol. The molecule has 3 amide bonds. The molecule has 1 spiro atoms. The number of nitrogens with zero attached hydrogens (tertiary/aromatic N) is 4. The first-order chi connectivity index (χ1) is 35.2. The van der Waals surface area contributed by atoms with Crippen molar-refractivity contribution < 1.29 is 28.7 Å². The number of benzene rings is 4. The summed E-state index contributed by atoms with van der Waals surface area (Å²) in [7, 11) is 7.48. The van der Waals surface area contributed by atoms with Crippen LogP contribution < -0.4 is 27.4 Å². The third-order valence-electron chi connectivity index (χ3n) is 14.1. The minimum absolute atomic E-state index is 0.00310. The maximum Gasteiger partial charge on any atom is 0.407 e. The van der Waals surface area contributed by atoms with E-state index in [-0.39, 0.29) is 23.5 Å². The van der Waals surface area contributed by atoms with Crippen LogP contribution in [0.4, 0.5) is 16.2 Å². The van der Waals surface area contributed by atoms with Gasteiger partial charge in [-0.3, -0.25) is 23.9 Å². The molecule has 16 nitrogen and oxygen atoms in total. The van der Waals surface area contributed by atoms with Crippen LogP contribution in [0.5, 0.6) is 0 Å². The van der Waals surface area contributed by atoms with Crippen LogP contribution in [-0.2, 0) is 68.9 Å². The molecule has 2 aliphatic carbocycles. The summed E-state index contributed by atoms with van der Waals surface area (Å²) in [6, 6.07) is 24.1. The second-order valence-electron chi connectivity index (χ2n) is 22.1. The molecule has 0 saturated carbocycles. The number of H-pyrrole nitrogens is 1. The lowest BCUT2D eigenvalue weighted by atomic mass is 9.93. The number of aromatic nitrogens is 3. The Balaban J connectivity index is 0.000000185. The van der Waals surface area contributed by atoms with Gasteiger partial charge in [0.25, 0.3) is 5.91 Å². The summed E-state index contributed by atoms with van der Waals surface area (Å²) in [6.07, 6.45) is 7.93. The third-order valence-corrected chi connectivity index (χ3v) is 14.1. The molecule has 8 N–H and O–H groups in total. The molecule has 1 atom stereocenters. The van der Waals surface area contributed by atoms with E-state index < -0.39 is 16.7 Å². The maximum absolute atomic E-state index is 12.8. The van der Waals surface area contributed by atoms with Gasteiger partial charge in [-0.05, 0) is 143 Å². The van der Waals surface area contributed by atoms with Crippen LogP contribution in [0.1, 0.15) is 106 Å². The van der Waals surface area contributed by atoms with E-state index in [1.165, 1.54) is 17.3 Å². The SMILES string of the molecule is C=C1NC(=O)C2(Cc3cc(N)c(N)cc3C2)N1C.C=CNC(=O)C1(N(C)C)Cc2cc3nc(CCc4cn(C=O)c5ccccc45)[nH]c3cc2C1.CC(C)c1ccccc1CNC(=O)OC(C)(C)C.COC(C)(C)C. The van der Waals surface area contributed by atoms with Crippen molar-refractivity contribution >= 4 is 57.6 Å². The minimum atomic E-state index is -0.620. The summed E-state index contributed by atoms with van der Waals surface area (Å²) >= 11 is 0. The van der Waals surface area contributed by atoms with E-state index in [0.717, 1.165) is 74.8 Å². The second kappa shape index (κ2) is 23.0. The first-order valence-corrected chi connectivity index (χ1v) is 25.4. The Kier molecular flexibility index (Phi) is 17.4. The van der Waals surface area contributed by atoms with Crippen LogP contribution in [0.15, 0.2) is 104 Å². The van der Waals surface area contributed by atoms with Crippen molar-refractivity contribution in [1.82, 2.24) is 40.3 Å². The molecule has 0 bridgehead atoms. The fraction of sp³-hybridized carbons (Fsp3) is 0.407. The molecular formula is C59H78N10O6. The van der Waals surface area contributed by atoms with E-state index in [9.17, 15) is 19.2 Å². The number of para-hydroxylation sites is 1. The van der Waals surface area contributed by atoms with Crippen molar-refractivity contribution in [2.24, 2.45) is 0 Å². The van der Waals surface area contributed by atoms with Crippen LogP contribution in [0.3, 0.4) is 0 Å². The maximum atomic E-state index is 12.8. The topological polar surface area (TPSA) is 215 Å². The summed E-state index contributed by atoms with van der Waals surface area (Å²) in [5.74, 6) is 1.98. The highest BCUT2D eigenvalue weighted by atomic mass is 16.6. The smallest absolute Gasteiger partial charge is 0.407 e. The van der Waals surface area contributed by atoms with Crippen molar-refractivity contribution in [3.63, 3.8) is 0 Å². The molecule has 3 aliphatic rings. The van der Waals surface area contributed by atoms with Crippen molar-refractivity contribution in [2.75, 3.05) is 39.7 Å². The predicted octanol–water partition coefficient (Wildman–Crippen LogP) is 8.49. The number of aryl methyl sites for hydroxylation is 2. The molecule has 9 rings (SSSR count). The van der Waals surface area contributed by atoms with Gasteiger partial charge in [0.2, 0.25) is 12.3 Å². The number of amides is 3. The number of carbonyl (C=O) groups excluding carboxylic acids is 4. The van der Waals surface area contributed by atoms with E-state index in [2.05, 4.69) is 66.1 Å². The molecule has 0 radical (unpaired) electrons. The van der Waals surface area contributed by atoms with Gasteiger partial charge in [-0.2, -0.15) is 0 Å². The van der Waals surface area contributed by atoms with Gasteiger partial charge < -0.3 is 46.8 Å². The molecule has 4 aromatic carbocycles. The van der Waals surface area contributed by atoms with Crippen molar-refractivity contribution in [3.05, 3.63) is 149 Å². The molecule has 1 aliphatic heterocycles. The highest BCUT2D eigenvalue weighted by Gasteiger charge is 2.52. The van der Waals surface area contributed by atoms with Crippen LogP contribution in [0.25, 0.3) is 21.9 Å². The number of fused-ring (bicyclic) bond motifs is 4. The monoisotopic (exact) mass is 1020 g/mol. The number of hydrogen-bond donors (Lipinski definition) is 6. The zero-order valence-electron chi connectivity index (χ0n) is 46.0. The average molecular weight is 1020 g/mol. The third kappa shape index (κ3) is 13.1. The summed E-state index contributed by atoms with van der Waals surface area (Å²) in [5, 5.41) is 9.45. The molecule has 1 unspecified atom stereocenters. The fourth-order valence-electron chi connectivity index (χ4n) is 9.69. The zero-order chi connectivity index (χ0) is 55.2. The number of alkyl carbamates (subject to hydrolysis) is 1. The Morgan fingerprint density at radius 3 is 2.01 bits per heavy atom. The van der Waals surface area contributed by atoms with Gasteiger partial charge in [0.15, 0.2) is 0 Å². The number of nitrogens with two attached hydrogens (primary N) is 2. The van der Waals surface area contributed by atoms with E-state index in [1.54, 1.807) is 11.7 Å². The Bertz CT molecular complexity index is 3010. The van der Waals surface area contributed by atoms with Gasteiger partial charge in [0, 0.05) is 64.4 Å². The predicted molar refractivity (Wildman–Crippen MR) is 301 cm³/mol. The number of likely N-dealkylation sites (N-methyl/N-ethyl adjacent to an activating group) is 2. The number of nitrogen functional groups attached to an aromatic ring is 2. The van der Waals surface area contributed by atoms with Gasteiger partial charge >= 0.3 is 6.09 Å². The molecule has 1 fully saturated rings. The summed E-state index contributed by atoms with van der Waals surface area (Å²) in [4.78, 5) is 60.2. The number of carbonyl (C=O) groups is 4. The largest absolute Gasteiger partial charge is 0.444 e. The van der Waals surface area contributed by atoms with Gasteiger partial charge in [-0.15, -0.1) is 0 Å². The van der Waals surface area contributed by atoms with Crippen molar-refractivity contribution in [3.8, 4) is 0 Å². The van der Waals surface area contributed by atoms with E-state index in [0.29, 0.717) is 55.3 Å².